The fraction of sp³-hybridized carbons (Fsp3) is 0.579. The SMILES string of the molecule is Cc1nn(C2CCC2)c(N)c1OC[C@H]1COC[C@@H]1Nc1cc(Cl)ncc1C(F)(F)F. The van der Waals surface area contributed by atoms with E-state index in [0.717, 1.165) is 25.5 Å². The number of ether oxygens (including phenoxy) is 2. The maximum absolute atomic E-state index is 13.3. The molecule has 4 rings (SSSR count). The Morgan fingerprint density at radius 1 is 1.37 bits per heavy atom. The van der Waals surface area contributed by atoms with Crippen molar-refractivity contribution in [2.75, 3.05) is 30.9 Å². The fourth-order valence-corrected chi connectivity index (χ4v) is 3.88. The summed E-state index contributed by atoms with van der Waals surface area (Å²) in [4.78, 5) is 3.55. The number of nitrogens with one attached hydrogen (secondary N) is 1. The van der Waals surface area contributed by atoms with Gasteiger partial charge in [-0.15, -0.1) is 0 Å². The van der Waals surface area contributed by atoms with Crippen LogP contribution in [-0.4, -0.2) is 40.6 Å². The molecular weight excluding hydrogens is 423 g/mol. The van der Waals surface area contributed by atoms with Crippen molar-refractivity contribution >= 4 is 23.1 Å². The molecule has 3 heterocycles. The summed E-state index contributed by atoms with van der Waals surface area (Å²) in [6.07, 6.45) is -0.574. The summed E-state index contributed by atoms with van der Waals surface area (Å²) in [6.45, 7) is 2.67. The molecule has 0 amide bonds. The van der Waals surface area contributed by atoms with Crippen LogP contribution in [0.4, 0.5) is 24.7 Å². The van der Waals surface area contributed by atoms with Crippen molar-refractivity contribution in [1.29, 1.82) is 0 Å². The zero-order chi connectivity index (χ0) is 21.5. The van der Waals surface area contributed by atoms with Gasteiger partial charge in [0.15, 0.2) is 11.6 Å². The molecule has 0 bridgehead atoms. The molecule has 0 aromatic carbocycles. The Labute approximate surface area is 176 Å². The third-order valence-corrected chi connectivity index (χ3v) is 5.85. The predicted molar refractivity (Wildman–Crippen MR) is 106 cm³/mol. The number of hydrogen-bond donors (Lipinski definition) is 2. The molecule has 11 heteroatoms. The smallest absolute Gasteiger partial charge is 0.419 e. The van der Waals surface area contributed by atoms with E-state index in [0.29, 0.717) is 29.9 Å². The number of aromatic nitrogens is 3. The highest BCUT2D eigenvalue weighted by Crippen LogP contribution is 2.38. The summed E-state index contributed by atoms with van der Waals surface area (Å²) in [5.41, 5.74) is 5.92. The standard InChI is InChI=1S/C19H23ClF3N5O2/c1-10-17(18(24)28(27-10)12-3-2-4-12)30-8-11-7-29-9-15(11)26-14-5-16(20)25-6-13(14)19(21,22)23/h5-6,11-12,15H,2-4,7-9,24H2,1H3,(H,25,26)/t11-,15+/m1/s1. The van der Waals surface area contributed by atoms with Crippen LogP contribution in [0, 0.1) is 12.8 Å². The van der Waals surface area contributed by atoms with E-state index < -0.39 is 11.7 Å². The number of hydrogen-bond acceptors (Lipinski definition) is 6. The first kappa shape index (κ1) is 21.0. The van der Waals surface area contributed by atoms with Crippen LogP contribution in [0.2, 0.25) is 5.15 Å². The van der Waals surface area contributed by atoms with Crippen LogP contribution >= 0.6 is 11.6 Å². The molecule has 0 radical (unpaired) electrons. The highest BCUT2D eigenvalue weighted by molar-refractivity contribution is 6.29. The van der Waals surface area contributed by atoms with E-state index in [1.165, 1.54) is 6.07 Å². The highest BCUT2D eigenvalue weighted by Gasteiger charge is 2.37. The normalized spacial score (nSPS) is 22.2. The average Bonchev–Trinajstić information content (AvgIpc) is 3.16. The molecule has 2 atom stereocenters. The second-order valence-corrected chi connectivity index (χ2v) is 8.13. The zero-order valence-electron chi connectivity index (χ0n) is 16.4. The number of anilines is 2. The van der Waals surface area contributed by atoms with E-state index in [4.69, 9.17) is 26.8 Å². The van der Waals surface area contributed by atoms with Crippen LogP contribution in [0.1, 0.15) is 36.6 Å². The minimum Gasteiger partial charge on any atom is -0.487 e. The molecule has 2 aromatic heterocycles. The molecule has 1 aliphatic carbocycles. The van der Waals surface area contributed by atoms with Gasteiger partial charge in [-0.25, -0.2) is 9.67 Å². The molecule has 30 heavy (non-hydrogen) atoms. The summed E-state index contributed by atoms with van der Waals surface area (Å²) in [7, 11) is 0. The summed E-state index contributed by atoms with van der Waals surface area (Å²) in [5.74, 6) is 0.834. The van der Waals surface area contributed by atoms with Crippen molar-refractivity contribution in [3.63, 3.8) is 0 Å². The van der Waals surface area contributed by atoms with Gasteiger partial charge in [0, 0.05) is 12.1 Å². The third kappa shape index (κ3) is 4.15. The van der Waals surface area contributed by atoms with Gasteiger partial charge in [-0.2, -0.15) is 18.3 Å². The van der Waals surface area contributed by atoms with E-state index in [9.17, 15) is 13.2 Å². The number of rotatable bonds is 6. The maximum Gasteiger partial charge on any atom is 0.419 e. The topological polar surface area (TPSA) is 87.2 Å². The quantitative estimate of drug-likeness (QED) is 0.652. The summed E-state index contributed by atoms with van der Waals surface area (Å²) in [5, 5.41) is 7.37. The molecular formula is C19H23ClF3N5O2. The molecule has 1 saturated heterocycles. The van der Waals surface area contributed by atoms with Gasteiger partial charge >= 0.3 is 6.18 Å². The van der Waals surface area contributed by atoms with E-state index in [-0.39, 0.29) is 36.0 Å². The summed E-state index contributed by atoms with van der Waals surface area (Å²) >= 11 is 5.81. The first-order chi connectivity index (χ1) is 14.2. The number of nitrogens with two attached hydrogens (primary N) is 1. The Kier molecular flexibility index (Phi) is 5.71. The van der Waals surface area contributed by atoms with Gasteiger partial charge in [-0.05, 0) is 32.3 Å². The predicted octanol–water partition coefficient (Wildman–Crippen LogP) is 4.07. The van der Waals surface area contributed by atoms with Crippen LogP contribution < -0.4 is 15.8 Å². The Balaban J connectivity index is 1.46. The maximum atomic E-state index is 13.3. The Bertz CT molecular complexity index is 916. The molecule has 7 nitrogen and oxygen atoms in total. The van der Waals surface area contributed by atoms with Crippen molar-refractivity contribution in [1.82, 2.24) is 14.8 Å². The number of halogens is 4. The molecule has 1 saturated carbocycles. The third-order valence-electron chi connectivity index (χ3n) is 5.64. The lowest BCUT2D eigenvalue weighted by atomic mass is 9.93. The molecule has 0 unspecified atom stereocenters. The van der Waals surface area contributed by atoms with Crippen LogP contribution in [0.15, 0.2) is 12.3 Å². The van der Waals surface area contributed by atoms with Gasteiger partial charge in [0.25, 0.3) is 0 Å². The average molecular weight is 446 g/mol. The lowest BCUT2D eigenvalue weighted by molar-refractivity contribution is -0.137. The second-order valence-electron chi connectivity index (χ2n) is 7.74. The second kappa shape index (κ2) is 8.14. The molecule has 3 N–H and O–H groups in total. The number of nitrogens with zero attached hydrogens (tertiary/aromatic N) is 3. The number of aryl methyl sites for hydroxylation is 1. The Hall–Kier alpha value is -2.20. The van der Waals surface area contributed by atoms with Crippen molar-refractivity contribution in [3.8, 4) is 5.75 Å². The van der Waals surface area contributed by atoms with Crippen molar-refractivity contribution in [3.05, 3.63) is 28.7 Å². The van der Waals surface area contributed by atoms with Gasteiger partial charge in [-0.3, -0.25) is 0 Å². The first-order valence-corrected chi connectivity index (χ1v) is 10.2. The number of alkyl halides is 3. The Morgan fingerprint density at radius 2 is 2.13 bits per heavy atom. The largest absolute Gasteiger partial charge is 0.487 e. The molecule has 1 aliphatic heterocycles. The van der Waals surface area contributed by atoms with Crippen molar-refractivity contribution in [2.24, 2.45) is 5.92 Å². The van der Waals surface area contributed by atoms with Gasteiger partial charge in [0.05, 0.1) is 43.2 Å². The fourth-order valence-electron chi connectivity index (χ4n) is 3.73. The Morgan fingerprint density at radius 3 is 2.80 bits per heavy atom. The van der Waals surface area contributed by atoms with E-state index in [1.54, 1.807) is 0 Å². The molecule has 2 aliphatic rings. The molecule has 164 valence electrons. The minimum atomic E-state index is -4.55. The first-order valence-electron chi connectivity index (χ1n) is 9.78. The van der Waals surface area contributed by atoms with Gasteiger partial charge in [0.1, 0.15) is 10.8 Å². The number of nitrogen functional groups attached to an aromatic ring is 1. The van der Waals surface area contributed by atoms with E-state index in [2.05, 4.69) is 15.4 Å². The van der Waals surface area contributed by atoms with E-state index in [1.807, 2.05) is 11.6 Å². The molecule has 2 aromatic rings. The van der Waals surface area contributed by atoms with Crippen molar-refractivity contribution < 1.29 is 22.6 Å². The monoisotopic (exact) mass is 445 g/mol. The van der Waals surface area contributed by atoms with Crippen LogP contribution in [0.5, 0.6) is 5.75 Å². The van der Waals surface area contributed by atoms with Crippen LogP contribution in [0.3, 0.4) is 0 Å². The van der Waals surface area contributed by atoms with E-state index >= 15 is 0 Å². The van der Waals surface area contributed by atoms with Crippen LogP contribution in [-0.2, 0) is 10.9 Å². The zero-order valence-corrected chi connectivity index (χ0v) is 17.1. The van der Waals surface area contributed by atoms with Crippen LogP contribution in [0.25, 0.3) is 0 Å². The van der Waals surface area contributed by atoms with Gasteiger partial charge < -0.3 is 20.5 Å². The summed E-state index contributed by atoms with van der Waals surface area (Å²) in [6, 6.07) is 1.10. The highest BCUT2D eigenvalue weighted by atomic mass is 35.5. The lowest BCUT2D eigenvalue weighted by Crippen LogP contribution is -2.32. The van der Waals surface area contributed by atoms with Crippen molar-refractivity contribution in [2.45, 2.75) is 44.4 Å². The number of pyridine rings is 1. The lowest BCUT2D eigenvalue weighted by Gasteiger charge is -2.26. The van der Waals surface area contributed by atoms with Gasteiger partial charge in [0.2, 0.25) is 0 Å². The van der Waals surface area contributed by atoms with Gasteiger partial charge in [-0.1, -0.05) is 11.6 Å². The summed E-state index contributed by atoms with van der Waals surface area (Å²) < 4.78 is 53.2. The molecule has 0 spiro atoms. The minimum absolute atomic E-state index is 0.0241. The molecule has 2 fully saturated rings.